The maximum Gasteiger partial charge on any atom is 0.311 e. The number of ether oxygens (including phenoxy) is 1. The molecule has 1 atom stereocenters. The molecule has 2 heterocycles. The smallest absolute Gasteiger partial charge is 0.311 e. The van der Waals surface area contributed by atoms with E-state index in [2.05, 4.69) is 10.2 Å². The number of rotatable bonds is 6. The van der Waals surface area contributed by atoms with Gasteiger partial charge in [0.25, 0.3) is 5.89 Å². The van der Waals surface area contributed by atoms with Crippen LogP contribution in [0.3, 0.4) is 0 Å². The summed E-state index contributed by atoms with van der Waals surface area (Å²) in [5.74, 6) is -0.632. The van der Waals surface area contributed by atoms with Crippen LogP contribution >= 0.6 is 0 Å². The Morgan fingerprint density at radius 2 is 2.00 bits per heavy atom. The molecule has 7 nitrogen and oxygen atoms in total. The number of piperidine rings is 1. The van der Waals surface area contributed by atoms with Gasteiger partial charge >= 0.3 is 5.97 Å². The number of carbonyl (C=O) groups is 2. The van der Waals surface area contributed by atoms with Crippen molar-refractivity contribution in [1.29, 1.82) is 0 Å². The van der Waals surface area contributed by atoms with Gasteiger partial charge in [-0.1, -0.05) is 29.8 Å². The van der Waals surface area contributed by atoms with E-state index in [1.54, 1.807) is 17.0 Å². The van der Waals surface area contributed by atoms with E-state index in [4.69, 9.17) is 9.15 Å². The Bertz CT molecular complexity index is 1100. The third kappa shape index (κ3) is 5.38. The number of halogens is 1. The number of nitrogens with zero attached hydrogens (tertiary/aromatic N) is 3. The molecule has 1 saturated heterocycles. The van der Waals surface area contributed by atoms with E-state index < -0.39 is 5.92 Å². The molecule has 1 aromatic heterocycles. The van der Waals surface area contributed by atoms with Crippen molar-refractivity contribution >= 4 is 11.9 Å². The van der Waals surface area contributed by atoms with Crippen LogP contribution in [0.1, 0.15) is 29.9 Å². The molecule has 0 saturated carbocycles. The molecule has 1 aliphatic heterocycles. The lowest BCUT2D eigenvalue weighted by atomic mass is 9.97. The van der Waals surface area contributed by atoms with Crippen LogP contribution < -0.4 is 0 Å². The summed E-state index contributed by atoms with van der Waals surface area (Å²) in [5.41, 5.74) is 2.61. The fourth-order valence-corrected chi connectivity index (χ4v) is 3.74. The Kier molecular flexibility index (Phi) is 6.58. The van der Waals surface area contributed by atoms with Crippen LogP contribution in [-0.4, -0.2) is 40.1 Å². The number of hydrogen-bond acceptors (Lipinski definition) is 6. The Hall–Kier alpha value is -3.55. The Balaban J connectivity index is 1.30. The zero-order valence-electron chi connectivity index (χ0n) is 17.8. The van der Waals surface area contributed by atoms with Gasteiger partial charge < -0.3 is 14.1 Å². The van der Waals surface area contributed by atoms with Crippen molar-refractivity contribution in [2.24, 2.45) is 5.92 Å². The zero-order valence-corrected chi connectivity index (χ0v) is 17.8. The molecular weight excluding hydrogens is 413 g/mol. The van der Waals surface area contributed by atoms with Gasteiger partial charge in [-0.2, -0.15) is 0 Å². The van der Waals surface area contributed by atoms with Crippen LogP contribution in [-0.2, 0) is 27.4 Å². The minimum absolute atomic E-state index is 0.0891. The normalized spacial score (nSPS) is 16.1. The lowest BCUT2D eigenvalue weighted by Gasteiger charge is -2.31. The first-order valence-electron chi connectivity index (χ1n) is 10.6. The summed E-state index contributed by atoms with van der Waals surface area (Å²) < 4.78 is 24.0. The van der Waals surface area contributed by atoms with Crippen molar-refractivity contribution in [3.8, 4) is 11.5 Å². The molecule has 1 amide bonds. The fourth-order valence-electron chi connectivity index (χ4n) is 3.74. The van der Waals surface area contributed by atoms with Crippen LogP contribution in [0.15, 0.2) is 52.9 Å². The van der Waals surface area contributed by atoms with Crippen LogP contribution in [0, 0.1) is 18.7 Å². The first-order chi connectivity index (χ1) is 15.5. The lowest BCUT2D eigenvalue weighted by Crippen LogP contribution is -2.43. The van der Waals surface area contributed by atoms with E-state index in [0.717, 1.165) is 16.7 Å². The summed E-state index contributed by atoms with van der Waals surface area (Å²) in [5, 5.41) is 7.96. The largest absolute Gasteiger partial charge is 0.455 e. The number of carbonyl (C=O) groups excluding carboxylic acids is 2. The van der Waals surface area contributed by atoms with E-state index in [1.807, 2.05) is 31.2 Å². The van der Waals surface area contributed by atoms with E-state index in [-0.39, 0.29) is 36.6 Å². The number of esters is 1. The van der Waals surface area contributed by atoms with Gasteiger partial charge in [-0.25, -0.2) is 4.39 Å². The van der Waals surface area contributed by atoms with Crippen molar-refractivity contribution in [3.63, 3.8) is 0 Å². The van der Waals surface area contributed by atoms with Crippen LogP contribution in [0.2, 0.25) is 0 Å². The summed E-state index contributed by atoms with van der Waals surface area (Å²) in [6, 6.07) is 13.5. The minimum atomic E-state index is -0.403. The Morgan fingerprint density at radius 3 is 2.78 bits per heavy atom. The fraction of sp³-hybridized carbons (Fsp3) is 0.333. The Morgan fingerprint density at radius 1 is 1.19 bits per heavy atom. The number of benzene rings is 2. The quantitative estimate of drug-likeness (QED) is 0.547. The molecule has 0 spiro atoms. The first kappa shape index (κ1) is 21.7. The van der Waals surface area contributed by atoms with Gasteiger partial charge in [-0.15, -0.1) is 10.2 Å². The SMILES string of the molecule is Cc1cccc(-c2nnc(COC(=O)C3CCCN(C(=O)Cc4ccc(F)cc4)C3)o2)c1. The van der Waals surface area contributed by atoms with Gasteiger partial charge in [0.05, 0.1) is 12.3 Å². The van der Waals surface area contributed by atoms with E-state index in [0.29, 0.717) is 31.8 Å². The van der Waals surface area contributed by atoms with Crippen molar-refractivity contribution in [3.05, 3.63) is 71.4 Å². The van der Waals surface area contributed by atoms with Crippen LogP contribution in [0.4, 0.5) is 4.39 Å². The monoisotopic (exact) mass is 437 g/mol. The highest BCUT2D eigenvalue weighted by Crippen LogP contribution is 2.21. The topological polar surface area (TPSA) is 85.5 Å². The van der Waals surface area contributed by atoms with E-state index in [9.17, 15) is 14.0 Å². The third-order valence-electron chi connectivity index (χ3n) is 5.45. The molecule has 32 heavy (non-hydrogen) atoms. The van der Waals surface area contributed by atoms with Crippen molar-refractivity contribution < 1.29 is 23.1 Å². The van der Waals surface area contributed by atoms with Crippen molar-refractivity contribution in [2.45, 2.75) is 32.8 Å². The summed E-state index contributed by atoms with van der Waals surface area (Å²) in [4.78, 5) is 26.8. The summed E-state index contributed by atoms with van der Waals surface area (Å²) >= 11 is 0. The molecule has 0 radical (unpaired) electrons. The molecule has 4 rings (SSSR count). The molecule has 3 aromatic rings. The molecule has 8 heteroatoms. The molecule has 2 aromatic carbocycles. The lowest BCUT2D eigenvalue weighted by molar-refractivity contribution is -0.153. The van der Waals surface area contributed by atoms with E-state index in [1.165, 1.54) is 12.1 Å². The molecule has 0 N–H and O–H groups in total. The second kappa shape index (κ2) is 9.72. The zero-order chi connectivity index (χ0) is 22.5. The van der Waals surface area contributed by atoms with Crippen LogP contribution in [0.5, 0.6) is 0 Å². The standard InChI is InChI=1S/C24H24FN3O4/c1-16-4-2-5-18(12-16)23-27-26-21(32-23)15-31-24(30)19-6-3-11-28(14-19)22(29)13-17-7-9-20(25)10-8-17/h2,4-5,7-10,12,19H,3,6,11,13-15H2,1H3. The molecule has 1 unspecified atom stereocenters. The predicted molar refractivity (Wildman–Crippen MR) is 114 cm³/mol. The summed E-state index contributed by atoms with van der Waals surface area (Å²) in [7, 11) is 0. The highest BCUT2D eigenvalue weighted by atomic mass is 19.1. The number of hydrogen-bond donors (Lipinski definition) is 0. The van der Waals surface area contributed by atoms with Crippen LogP contribution in [0.25, 0.3) is 11.5 Å². The molecule has 0 bridgehead atoms. The minimum Gasteiger partial charge on any atom is -0.455 e. The average molecular weight is 437 g/mol. The number of amides is 1. The second-order valence-electron chi connectivity index (χ2n) is 7.96. The average Bonchev–Trinajstić information content (AvgIpc) is 3.28. The van der Waals surface area contributed by atoms with Crippen molar-refractivity contribution in [1.82, 2.24) is 15.1 Å². The number of aromatic nitrogens is 2. The molecular formula is C24H24FN3O4. The van der Waals surface area contributed by atoms with Gasteiger partial charge in [0, 0.05) is 18.7 Å². The summed E-state index contributed by atoms with van der Waals surface area (Å²) in [6.45, 7) is 2.75. The molecule has 0 aliphatic carbocycles. The van der Waals surface area contributed by atoms with Gasteiger partial charge in [0.2, 0.25) is 11.8 Å². The number of likely N-dealkylation sites (tertiary alicyclic amines) is 1. The second-order valence-corrected chi connectivity index (χ2v) is 7.96. The highest BCUT2D eigenvalue weighted by molar-refractivity contribution is 5.80. The highest BCUT2D eigenvalue weighted by Gasteiger charge is 2.29. The molecule has 166 valence electrons. The van der Waals surface area contributed by atoms with Gasteiger partial charge in [0.1, 0.15) is 5.82 Å². The first-order valence-corrected chi connectivity index (χ1v) is 10.6. The maximum atomic E-state index is 13.1. The Labute approximate surface area is 185 Å². The van der Waals surface area contributed by atoms with Gasteiger partial charge in [0.15, 0.2) is 6.61 Å². The van der Waals surface area contributed by atoms with Crippen molar-refractivity contribution in [2.75, 3.05) is 13.1 Å². The van der Waals surface area contributed by atoms with E-state index >= 15 is 0 Å². The molecule has 1 aliphatic rings. The third-order valence-corrected chi connectivity index (χ3v) is 5.45. The van der Waals surface area contributed by atoms with Gasteiger partial charge in [-0.05, 0) is 49.6 Å². The maximum absolute atomic E-state index is 13.1. The van der Waals surface area contributed by atoms with Gasteiger partial charge in [-0.3, -0.25) is 9.59 Å². The number of aryl methyl sites for hydroxylation is 1. The molecule has 1 fully saturated rings. The predicted octanol–water partition coefficient (Wildman–Crippen LogP) is 3.71. The summed E-state index contributed by atoms with van der Waals surface area (Å²) in [6.07, 6.45) is 1.54.